The minimum absolute atomic E-state index is 0.264. The van der Waals surface area contributed by atoms with Crippen molar-refractivity contribution >= 4 is 40.1 Å². The zero-order valence-corrected chi connectivity index (χ0v) is 20.6. The van der Waals surface area contributed by atoms with E-state index in [0.717, 1.165) is 34.5 Å². The number of aromatic nitrogens is 2. The summed E-state index contributed by atoms with van der Waals surface area (Å²) in [5.41, 5.74) is 3.14. The molecule has 0 unspecified atom stereocenters. The van der Waals surface area contributed by atoms with Crippen LogP contribution < -0.4 is 20.1 Å². The van der Waals surface area contributed by atoms with E-state index in [-0.39, 0.29) is 6.04 Å². The van der Waals surface area contributed by atoms with Crippen molar-refractivity contribution in [1.29, 1.82) is 0 Å². The van der Waals surface area contributed by atoms with E-state index in [4.69, 9.17) is 37.7 Å². The standard InChI is InChI=1S/C26H26Cl2N4O2/c1-5-13(2)30-19-10-15-9-17(15)25(19)32-26-29-12-16-8-14(6-7-18(16)31-26)22-23(27)20(33-3)11-21(34-4)24(22)28/h5-8,11-12,15,17,19,25,30H,1-2,9-10H2,3-4H3,(H,29,31,32)/t15-,17-,19-,25+/m0/s1. The highest BCUT2D eigenvalue weighted by Crippen LogP contribution is 2.53. The van der Waals surface area contributed by atoms with E-state index >= 15 is 0 Å². The van der Waals surface area contributed by atoms with Gasteiger partial charge in [0.15, 0.2) is 0 Å². The molecule has 2 fully saturated rings. The van der Waals surface area contributed by atoms with Crippen molar-refractivity contribution in [1.82, 2.24) is 15.3 Å². The van der Waals surface area contributed by atoms with Crippen molar-refractivity contribution < 1.29 is 9.47 Å². The Labute approximate surface area is 209 Å². The first-order chi connectivity index (χ1) is 16.4. The molecule has 0 amide bonds. The first-order valence-corrected chi connectivity index (χ1v) is 11.9. The van der Waals surface area contributed by atoms with Gasteiger partial charge in [-0.3, -0.25) is 0 Å². The molecule has 1 aromatic heterocycles. The van der Waals surface area contributed by atoms with Crippen LogP contribution >= 0.6 is 23.2 Å². The molecule has 2 aliphatic carbocycles. The smallest absolute Gasteiger partial charge is 0.223 e. The van der Waals surface area contributed by atoms with Gasteiger partial charge in [0, 0.05) is 35.0 Å². The van der Waals surface area contributed by atoms with Crippen LogP contribution in [-0.2, 0) is 0 Å². The summed E-state index contributed by atoms with van der Waals surface area (Å²) in [4.78, 5) is 9.36. The lowest BCUT2D eigenvalue weighted by molar-refractivity contribution is 0.395. The van der Waals surface area contributed by atoms with E-state index in [1.54, 1.807) is 26.4 Å². The minimum Gasteiger partial charge on any atom is -0.495 e. The fraction of sp³-hybridized carbons (Fsp3) is 0.308. The summed E-state index contributed by atoms with van der Waals surface area (Å²) >= 11 is 13.2. The van der Waals surface area contributed by atoms with E-state index in [0.29, 0.717) is 45.0 Å². The van der Waals surface area contributed by atoms with Gasteiger partial charge in [0.2, 0.25) is 5.95 Å². The van der Waals surface area contributed by atoms with Crippen molar-refractivity contribution in [2.45, 2.75) is 24.9 Å². The van der Waals surface area contributed by atoms with Crippen LogP contribution in [0.15, 0.2) is 55.4 Å². The van der Waals surface area contributed by atoms with Crippen LogP contribution in [0.3, 0.4) is 0 Å². The Morgan fingerprint density at radius 2 is 1.85 bits per heavy atom. The van der Waals surface area contributed by atoms with E-state index in [9.17, 15) is 0 Å². The number of allylic oxidation sites excluding steroid dienone is 1. The second-order valence-electron chi connectivity index (χ2n) is 8.80. The highest BCUT2D eigenvalue weighted by atomic mass is 35.5. The predicted molar refractivity (Wildman–Crippen MR) is 138 cm³/mol. The number of fused-ring (bicyclic) bond motifs is 2. The molecule has 0 bridgehead atoms. The molecule has 34 heavy (non-hydrogen) atoms. The van der Waals surface area contributed by atoms with Crippen LogP contribution in [0, 0.1) is 11.8 Å². The third-order valence-electron chi connectivity index (χ3n) is 6.78. The second kappa shape index (κ2) is 9.01. The van der Waals surface area contributed by atoms with Gasteiger partial charge in [-0.25, -0.2) is 9.97 Å². The second-order valence-corrected chi connectivity index (χ2v) is 9.55. The minimum atomic E-state index is 0.264. The van der Waals surface area contributed by atoms with Crippen molar-refractivity contribution in [3.8, 4) is 22.6 Å². The number of methoxy groups -OCH3 is 2. The van der Waals surface area contributed by atoms with E-state index < -0.39 is 0 Å². The maximum atomic E-state index is 6.60. The molecule has 0 spiro atoms. The fourth-order valence-corrected chi connectivity index (χ4v) is 5.67. The Balaban J connectivity index is 1.44. The maximum absolute atomic E-state index is 6.60. The molecule has 2 saturated carbocycles. The Morgan fingerprint density at radius 3 is 2.53 bits per heavy atom. The molecular formula is C26H26Cl2N4O2. The van der Waals surface area contributed by atoms with Gasteiger partial charge in [-0.1, -0.05) is 42.4 Å². The van der Waals surface area contributed by atoms with E-state index in [2.05, 4.69) is 28.8 Å². The Morgan fingerprint density at radius 1 is 1.12 bits per heavy atom. The number of rotatable bonds is 8. The third-order valence-corrected chi connectivity index (χ3v) is 7.53. The van der Waals surface area contributed by atoms with Crippen LogP contribution in [0.5, 0.6) is 11.5 Å². The quantitative estimate of drug-likeness (QED) is 0.367. The lowest BCUT2D eigenvalue weighted by atomic mass is 10.0. The van der Waals surface area contributed by atoms with Crippen LogP contribution in [0.4, 0.5) is 5.95 Å². The summed E-state index contributed by atoms with van der Waals surface area (Å²) in [6.07, 6.45) is 5.94. The van der Waals surface area contributed by atoms with Gasteiger partial charge in [-0.15, -0.1) is 0 Å². The van der Waals surface area contributed by atoms with Gasteiger partial charge in [0.05, 0.1) is 35.8 Å². The van der Waals surface area contributed by atoms with Crippen molar-refractivity contribution in [3.05, 3.63) is 65.4 Å². The molecule has 0 aliphatic heterocycles. The molecule has 176 valence electrons. The maximum Gasteiger partial charge on any atom is 0.223 e. The topological polar surface area (TPSA) is 68.3 Å². The number of hydrogen-bond donors (Lipinski definition) is 2. The van der Waals surface area contributed by atoms with Crippen LogP contribution in [-0.4, -0.2) is 36.3 Å². The van der Waals surface area contributed by atoms with E-state index in [1.807, 2.05) is 24.4 Å². The average molecular weight is 497 g/mol. The van der Waals surface area contributed by atoms with Gasteiger partial charge < -0.3 is 20.1 Å². The summed E-state index contributed by atoms with van der Waals surface area (Å²) in [7, 11) is 3.12. The molecular weight excluding hydrogens is 471 g/mol. The number of ether oxygens (including phenoxy) is 2. The molecule has 4 atom stereocenters. The third kappa shape index (κ3) is 4.05. The van der Waals surface area contributed by atoms with E-state index in [1.165, 1.54) is 6.42 Å². The molecule has 6 nitrogen and oxygen atoms in total. The molecule has 3 aromatic rings. The normalized spacial score (nSPS) is 22.7. The van der Waals surface area contributed by atoms with Crippen molar-refractivity contribution in [2.75, 3.05) is 19.5 Å². The Bertz CT molecular complexity index is 1270. The number of benzene rings is 2. The first-order valence-electron chi connectivity index (χ1n) is 11.1. The molecule has 2 aliphatic rings. The number of anilines is 1. The Kier molecular flexibility index (Phi) is 6.04. The SMILES string of the molecule is C=CC(=C)N[C@H]1C[C@@H]2C[C@@H]2[C@H]1Nc1ncc2cc(-c3c(Cl)c(OC)cc(OC)c3Cl)ccc2n1. The lowest BCUT2D eigenvalue weighted by Gasteiger charge is -2.26. The zero-order chi connectivity index (χ0) is 24.0. The molecule has 8 heteroatoms. The fourth-order valence-electron chi connectivity index (χ4n) is 4.95. The number of nitrogens with one attached hydrogen (secondary N) is 2. The Hall–Kier alpha value is -2.96. The highest BCUT2D eigenvalue weighted by molar-refractivity contribution is 6.41. The van der Waals surface area contributed by atoms with Gasteiger partial charge in [0.1, 0.15) is 11.5 Å². The number of nitrogens with zero attached hydrogens (tertiary/aromatic N) is 2. The average Bonchev–Trinajstić information content (AvgIpc) is 3.53. The molecule has 0 saturated heterocycles. The zero-order valence-electron chi connectivity index (χ0n) is 19.1. The summed E-state index contributed by atoms with van der Waals surface area (Å²) in [5, 5.41) is 8.76. The van der Waals surface area contributed by atoms with Gasteiger partial charge in [0.25, 0.3) is 0 Å². The van der Waals surface area contributed by atoms with Gasteiger partial charge in [-0.05, 0) is 48.4 Å². The van der Waals surface area contributed by atoms with Crippen molar-refractivity contribution in [2.24, 2.45) is 11.8 Å². The number of hydrogen-bond acceptors (Lipinski definition) is 6. The molecule has 1 heterocycles. The molecule has 0 radical (unpaired) electrons. The monoisotopic (exact) mass is 496 g/mol. The molecule has 2 N–H and O–H groups in total. The number of halogens is 2. The van der Waals surface area contributed by atoms with Crippen LogP contribution in [0.1, 0.15) is 12.8 Å². The molecule has 5 rings (SSSR count). The molecule has 2 aromatic carbocycles. The van der Waals surface area contributed by atoms with Crippen LogP contribution in [0.25, 0.3) is 22.0 Å². The highest BCUT2D eigenvalue weighted by Gasteiger charge is 2.53. The summed E-state index contributed by atoms with van der Waals surface area (Å²) < 4.78 is 10.8. The van der Waals surface area contributed by atoms with Gasteiger partial charge >= 0.3 is 0 Å². The van der Waals surface area contributed by atoms with Gasteiger partial charge in [-0.2, -0.15) is 0 Å². The summed E-state index contributed by atoms with van der Waals surface area (Å²) in [6.45, 7) is 7.80. The predicted octanol–water partition coefficient (Wildman–Crippen LogP) is 6.10. The largest absolute Gasteiger partial charge is 0.495 e. The first kappa shape index (κ1) is 22.8. The summed E-state index contributed by atoms with van der Waals surface area (Å²) in [6, 6.07) is 8.09. The lowest BCUT2D eigenvalue weighted by Crippen LogP contribution is -2.42. The van der Waals surface area contributed by atoms with Crippen molar-refractivity contribution in [3.63, 3.8) is 0 Å². The summed E-state index contributed by atoms with van der Waals surface area (Å²) in [5.74, 6) is 3.00. The van der Waals surface area contributed by atoms with Crippen LogP contribution in [0.2, 0.25) is 10.0 Å².